The van der Waals surface area contributed by atoms with Crippen molar-refractivity contribution in [2.24, 2.45) is 0 Å². The van der Waals surface area contributed by atoms with E-state index in [1.165, 1.54) is 4.90 Å². The van der Waals surface area contributed by atoms with Crippen molar-refractivity contribution in [2.45, 2.75) is 0 Å². The first-order chi connectivity index (χ1) is 12.6. The monoisotopic (exact) mass is 347 g/mol. The number of anilines is 2. The molecular formula is C20H17N3O3. The van der Waals surface area contributed by atoms with Gasteiger partial charge in [-0.15, -0.1) is 0 Å². The van der Waals surface area contributed by atoms with Crippen molar-refractivity contribution in [3.05, 3.63) is 72.6 Å². The minimum Gasteiger partial charge on any atom is -0.479 e. The van der Waals surface area contributed by atoms with Gasteiger partial charge in [0.1, 0.15) is 0 Å². The number of carbonyl (C=O) groups excluding carboxylic acids is 2. The molecule has 4 rings (SSSR count). The summed E-state index contributed by atoms with van der Waals surface area (Å²) in [6.45, 7) is -0.0422. The smallest absolute Gasteiger partial charge is 0.264 e. The molecule has 130 valence electrons. The van der Waals surface area contributed by atoms with Crippen LogP contribution in [0.4, 0.5) is 11.4 Å². The van der Waals surface area contributed by atoms with Crippen LogP contribution in [0.5, 0.6) is 5.75 Å². The van der Waals surface area contributed by atoms with Gasteiger partial charge in [0.05, 0.1) is 11.4 Å². The molecule has 2 amide bonds. The predicted octanol–water partition coefficient (Wildman–Crippen LogP) is 3.08. The number of amides is 2. The molecule has 3 aromatic rings. The van der Waals surface area contributed by atoms with Gasteiger partial charge in [-0.2, -0.15) is 0 Å². The second-order valence-electron chi connectivity index (χ2n) is 5.99. The topological polar surface area (TPSA) is 63.6 Å². The molecule has 6 nitrogen and oxygen atoms in total. The van der Waals surface area contributed by atoms with Crippen LogP contribution in [0.3, 0.4) is 0 Å². The lowest BCUT2D eigenvalue weighted by Gasteiger charge is -2.27. The Kier molecular flexibility index (Phi) is 3.93. The maximum atomic E-state index is 12.7. The van der Waals surface area contributed by atoms with E-state index in [1.54, 1.807) is 31.3 Å². The van der Waals surface area contributed by atoms with Gasteiger partial charge in [-0.05, 0) is 42.5 Å². The highest BCUT2D eigenvalue weighted by molar-refractivity contribution is 6.07. The number of rotatable bonds is 3. The third kappa shape index (κ3) is 2.82. The van der Waals surface area contributed by atoms with Crippen LogP contribution in [-0.2, 0) is 4.79 Å². The minimum atomic E-state index is -0.240. The van der Waals surface area contributed by atoms with Crippen LogP contribution < -0.4 is 15.0 Å². The van der Waals surface area contributed by atoms with Gasteiger partial charge < -0.3 is 19.5 Å². The Bertz CT molecular complexity index is 980. The average Bonchev–Trinajstić information content (AvgIpc) is 3.20. The molecule has 6 heteroatoms. The number of carbonyl (C=O) groups is 2. The maximum Gasteiger partial charge on any atom is 0.264 e. The fraction of sp³-hybridized carbons (Fsp3) is 0.100. The second kappa shape index (κ2) is 6.40. The van der Waals surface area contributed by atoms with E-state index >= 15 is 0 Å². The average molecular weight is 347 g/mol. The predicted molar refractivity (Wildman–Crippen MR) is 99.1 cm³/mol. The van der Waals surface area contributed by atoms with Gasteiger partial charge in [-0.25, -0.2) is 0 Å². The summed E-state index contributed by atoms with van der Waals surface area (Å²) < 4.78 is 7.48. The lowest BCUT2D eigenvalue weighted by Crippen LogP contribution is -2.35. The fourth-order valence-corrected chi connectivity index (χ4v) is 2.91. The number of hydrogen-bond acceptors (Lipinski definition) is 3. The zero-order chi connectivity index (χ0) is 18.1. The number of fused-ring (bicyclic) bond motifs is 1. The number of hydrogen-bond donors (Lipinski definition) is 1. The summed E-state index contributed by atoms with van der Waals surface area (Å²) in [5.41, 5.74) is 2.62. The summed E-state index contributed by atoms with van der Waals surface area (Å²) in [5, 5.41) is 2.88. The van der Waals surface area contributed by atoms with Crippen molar-refractivity contribution in [1.29, 1.82) is 0 Å². The van der Waals surface area contributed by atoms with Crippen LogP contribution in [0.1, 0.15) is 10.4 Å². The normalized spacial score (nSPS) is 13.1. The lowest BCUT2D eigenvalue weighted by molar-refractivity contribution is -0.120. The fourth-order valence-electron chi connectivity index (χ4n) is 2.91. The third-order valence-corrected chi connectivity index (χ3v) is 4.33. The number of ether oxygens (including phenoxy) is 1. The van der Waals surface area contributed by atoms with E-state index in [-0.39, 0.29) is 18.4 Å². The molecule has 2 heterocycles. The molecule has 2 aromatic carbocycles. The summed E-state index contributed by atoms with van der Waals surface area (Å²) >= 11 is 0. The maximum absolute atomic E-state index is 12.7. The molecule has 1 aliphatic rings. The zero-order valence-corrected chi connectivity index (χ0v) is 14.2. The third-order valence-electron chi connectivity index (χ3n) is 4.33. The van der Waals surface area contributed by atoms with Crippen molar-refractivity contribution in [3.8, 4) is 11.4 Å². The molecule has 0 saturated carbocycles. The van der Waals surface area contributed by atoms with Gasteiger partial charge in [0, 0.05) is 30.7 Å². The highest BCUT2D eigenvalue weighted by Crippen LogP contribution is 2.38. The van der Waals surface area contributed by atoms with E-state index in [2.05, 4.69) is 5.32 Å². The molecule has 26 heavy (non-hydrogen) atoms. The molecule has 0 fully saturated rings. The van der Waals surface area contributed by atoms with Crippen molar-refractivity contribution in [2.75, 3.05) is 23.9 Å². The van der Waals surface area contributed by atoms with Gasteiger partial charge in [0.2, 0.25) is 0 Å². The van der Waals surface area contributed by atoms with Crippen molar-refractivity contribution >= 4 is 23.2 Å². The molecule has 1 aromatic heterocycles. The van der Waals surface area contributed by atoms with E-state index < -0.39 is 0 Å². The standard InChI is InChI=1S/C20H17N3O3/c1-22-17-9-5-8-16(19(17)26-13-18(22)24)21-20(25)14-6-4-7-15(12-14)23-10-2-3-11-23/h2-12H,13H2,1H3,(H,21,25). The second-order valence-corrected chi connectivity index (χ2v) is 5.99. The number of nitrogens with one attached hydrogen (secondary N) is 1. The first kappa shape index (κ1) is 16.0. The summed E-state index contributed by atoms with van der Waals surface area (Å²) in [7, 11) is 1.69. The van der Waals surface area contributed by atoms with Gasteiger partial charge >= 0.3 is 0 Å². The lowest BCUT2D eigenvalue weighted by atomic mass is 10.1. The Morgan fingerprint density at radius 1 is 1.08 bits per heavy atom. The molecule has 1 N–H and O–H groups in total. The number of nitrogens with zero attached hydrogens (tertiary/aromatic N) is 2. The number of para-hydroxylation sites is 1. The molecule has 0 spiro atoms. The van der Waals surface area contributed by atoms with Gasteiger partial charge in [0.25, 0.3) is 11.8 Å². The first-order valence-electron chi connectivity index (χ1n) is 8.20. The molecular weight excluding hydrogens is 330 g/mol. The summed E-state index contributed by atoms with van der Waals surface area (Å²) in [6, 6.07) is 16.5. The number of likely N-dealkylation sites (N-methyl/N-ethyl adjacent to an activating group) is 1. The molecule has 0 unspecified atom stereocenters. The summed E-state index contributed by atoms with van der Waals surface area (Å²) in [4.78, 5) is 26.0. The Morgan fingerprint density at radius 2 is 1.85 bits per heavy atom. The minimum absolute atomic E-state index is 0.0422. The molecule has 1 aliphatic heterocycles. The molecule has 0 radical (unpaired) electrons. The highest BCUT2D eigenvalue weighted by atomic mass is 16.5. The van der Waals surface area contributed by atoms with Gasteiger partial charge in [-0.1, -0.05) is 12.1 Å². The van der Waals surface area contributed by atoms with Gasteiger partial charge in [-0.3, -0.25) is 9.59 Å². The SMILES string of the molecule is CN1C(=O)COc2c(NC(=O)c3cccc(-n4cccc4)c3)cccc21. The van der Waals surface area contributed by atoms with Crippen LogP contribution in [0.15, 0.2) is 67.0 Å². The molecule has 0 atom stereocenters. The Labute approximate surface area is 150 Å². The van der Waals surface area contributed by atoms with E-state index in [0.717, 1.165) is 5.69 Å². The molecule has 0 aliphatic carbocycles. The number of aromatic nitrogens is 1. The largest absolute Gasteiger partial charge is 0.479 e. The Morgan fingerprint density at radius 3 is 2.65 bits per heavy atom. The van der Waals surface area contributed by atoms with Crippen LogP contribution in [0.25, 0.3) is 5.69 Å². The van der Waals surface area contributed by atoms with Crippen LogP contribution in [0, 0.1) is 0 Å². The van der Waals surface area contributed by atoms with Crippen molar-refractivity contribution < 1.29 is 14.3 Å². The quantitative estimate of drug-likeness (QED) is 0.792. The molecule has 0 bridgehead atoms. The highest BCUT2D eigenvalue weighted by Gasteiger charge is 2.25. The van der Waals surface area contributed by atoms with Crippen LogP contribution in [0.2, 0.25) is 0 Å². The summed E-state index contributed by atoms with van der Waals surface area (Å²) in [5.74, 6) is 0.139. The zero-order valence-electron chi connectivity index (χ0n) is 14.2. The summed E-state index contributed by atoms with van der Waals surface area (Å²) in [6.07, 6.45) is 3.84. The Balaban J connectivity index is 1.62. The Hall–Kier alpha value is -3.54. The van der Waals surface area contributed by atoms with Crippen LogP contribution in [-0.4, -0.2) is 30.0 Å². The van der Waals surface area contributed by atoms with Crippen LogP contribution >= 0.6 is 0 Å². The molecule has 0 saturated heterocycles. The van der Waals surface area contributed by atoms with E-state index in [4.69, 9.17) is 4.74 Å². The van der Waals surface area contributed by atoms with E-state index in [9.17, 15) is 9.59 Å². The van der Waals surface area contributed by atoms with E-state index in [1.807, 2.05) is 47.3 Å². The number of benzene rings is 2. The van der Waals surface area contributed by atoms with Crippen molar-refractivity contribution in [3.63, 3.8) is 0 Å². The van der Waals surface area contributed by atoms with E-state index in [0.29, 0.717) is 22.7 Å². The van der Waals surface area contributed by atoms with Crippen molar-refractivity contribution in [1.82, 2.24) is 4.57 Å². The first-order valence-corrected chi connectivity index (χ1v) is 8.20. The van der Waals surface area contributed by atoms with Gasteiger partial charge in [0.15, 0.2) is 12.4 Å².